The number of nitrogens with one attached hydrogen (secondary N) is 2. The summed E-state index contributed by atoms with van der Waals surface area (Å²) in [4.78, 5) is 4.71. The molecule has 0 unspecified atom stereocenters. The van der Waals surface area contributed by atoms with Gasteiger partial charge < -0.3 is 29.6 Å². The third kappa shape index (κ3) is 9.01. The number of anilines is 1. The summed E-state index contributed by atoms with van der Waals surface area (Å²) in [5.41, 5.74) is 1.83. The Labute approximate surface area is 211 Å². The number of rotatable bonds is 10. The molecule has 9 heteroatoms. The van der Waals surface area contributed by atoms with Gasteiger partial charge >= 0.3 is 0 Å². The van der Waals surface area contributed by atoms with Crippen molar-refractivity contribution in [3.05, 3.63) is 53.1 Å². The Hall–Kier alpha value is -1.75. The van der Waals surface area contributed by atoms with E-state index < -0.39 is 0 Å². The first-order valence-corrected chi connectivity index (χ1v) is 10.9. The molecular formula is C23H31ClIN3O4. The maximum absolute atomic E-state index is 6.28. The molecule has 1 aliphatic heterocycles. The van der Waals surface area contributed by atoms with E-state index in [1.807, 2.05) is 42.5 Å². The highest BCUT2D eigenvalue weighted by molar-refractivity contribution is 14.0. The predicted octanol–water partition coefficient (Wildman–Crippen LogP) is 4.73. The lowest BCUT2D eigenvalue weighted by molar-refractivity contribution is 0.0699. The lowest BCUT2D eigenvalue weighted by atomic mass is 10.2. The fraction of sp³-hybridized carbons (Fsp3) is 0.435. The lowest BCUT2D eigenvalue weighted by Gasteiger charge is -2.15. The number of guanidine groups is 1. The largest absolute Gasteiger partial charge is 0.490 e. The van der Waals surface area contributed by atoms with Gasteiger partial charge in [-0.1, -0.05) is 29.8 Å². The number of halogens is 2. The minimum atomic E-state index is 0. The lowest BCUT2D eigenvalue weighted by Crippen LogP contribution is -2.32. The zero-order chi connectivity index (χ0) is 21.7. The molecule has 3 rings (SSSR count). The molecule has 0 radical (unpaired) electrons. The first-order chi connectivity index (χ1) is 15.3. The Morgan fingerprint density at radius 1 is 1.06 bits per heavy atom. The molecule has 0 aliphatic carbocycles. The maximum Gasteiger partial charge on any atom is 0.196 e. The zero-order valence-electron chi connectivity index (χ0n) is 18.3. The first-order valence-electron chi connectivity index (χ1n) is 10.5. The van der Waals surface area contributed by atoms with Crippen LogP contribution in [0.25, 0.3) is 0 Å². The van der Waals surface area contributed by atoms with Crippen LogP contribution in [0.5, 0.6) is 11.5 Å². The topological polar surface area (TPSA) is 73.3 Å². The van der Waals surface area contributed by atoms with Gasteiger partial charge in [0.05, 0.1) is 33.0 Å². The molecule has 2 aromatic carbocycles. The summed E-state index contributed by atoms with van der Waals surface area (Å²) in [5.74, 6) is 2.16. The van der Waals surface area contributed by atoms with Gasteiger partial charge in [-0.3, -0.25) is 0 Å². The summed E-state index contributed by atoms with van der Waals surface area (Å²) in [5, 5.41) is 7.41. The fourth-order valence-corrected chi connectivity index (χ4v) is 3.13. The summed E-state index contributed by atoms with van der Waals surface area (Å²) in [7, 11) is 1.66. The molecule has 0 saturated carbocycles. The van der Waals surface area contributed by atoms with Crippen LogP contribution in [0.2, 0.25) is 5.02 Å². The number of methoxy groups -OCH3 is 1. The molecule has 0 saturated heterocycles. The highest BCUT2D eigenvalue weighted by atomic mass is 127. The normalized spacial score (nSPS) is 13.1. The highest BCUT2D eigenvalue weighted by Crippen LogP contribution is 2.32. The predicted molar refractivity (Wildman–Crippen MR) is 139 cm³/mol. The van der Waals surface area contributed by atoms with Crippen molar-refractivity contribution in [3.63, 3.8) is 0 Å². The Bertz CT molecular complexity index is 854. The van der Waals surface area contributed by atoms with E-state index in [2.05, 4.69) is 10.6 Å². The van der Waals surface area contributed by atoms with Gasteiger partial charge in [0, 0.05) is 43.5 Å². The van der Waals surface area contributed by atoms with E-state index in [0.717, 1.165) is 35.6 Å². The van der Waals surface area contributed by atoms with Crippen LogP contribution in [0.3, 0.4) is 0 Å². The molecule has 2 N–H and O–H groups in total. The molecule has 0 fully saturated rings. The van der Waals surface area contributed by atoms with Crippen molar-refractivity contribution in [2.24, 2.45) is 4.99 Å². The molecule has 1 aliphatic rings. The van der Waals surface area contributed by atoms with Gasteiger partial charge in [-0.15, -0.1) is 24.0 Å². The standard InChI is InChI=1S/C23H30ClN3O4.HI/c1-28-14-15-29-11-4-10-25-23(26-17-18-6-2-3-7-20(18)24)27-19-8-9-21-22(16-19)31-13-5-12-30-21;/h2-3,6-9,16H,4-5,10-15,17H2,1H3,(H2,25,26,27);1H. The van der Waals surface area contributed by atoms with E-state index >= 15 is 0 Å². The smallest absolute Gasteiger partial charge is 0.196 e. The quantitative estimate of drug-likeness (QED) is 0.185. The second-order valence-electron chi connectivity index (χ2n) is 6.98. The summed E-state index contributed by atoms with van der Waals surface area (Å²) in [6.07, 6.45) is 1.72. The molecule has 0 amide bonds. The van der Waals surface area contributed by atoms with Gasteiger partial charge in [-0.2, -0.15) is 0 Å². The zero-order valence-corrected chi connectivity index (χ0v) is 21.4. The fourth-order valence-electron chi connectivity index (χ4n) is 2.93. The van der Waals surface area contributed by atoms with E-state index in [1.54, 1.807) is 7.11 Å². The minimum absolute atomic E-state index is 0. The van der Waals surface area contributed by atoms with Gasteiger partial charge in [0.1, 0.15) is 0 Å². The molecule has 0 bridgehead atoms. The van der Waals surface area contributed by atoms with E-state index in [9.17, 15) is 0 Å². The van der Waals surface area contributed by atoms with Gasteiger partial charge in [0.2, 0.25) is 0 Å². The van der Waals surface area contributed by atoms with E-state index in [-0.39, 0.29) is 24.0 Å². The molecule has 2 aromatic rings. The number of hydrogen-bond donors (Lipinski definition) is 2. The third-order valence-electron chi connectivity index (χ3n) is 4.57. The summed E-state index contributed by atoms with van der Waals surface area (Å²) >= 11 is 6.28. The van der Waals surface area contributed by atoms with Crippen LogP contribution in [-0.2, 0) is 16.0 Å². The second kappa shape index (κ2) is 15.2. The average molecular weight is 576 g/mol. The van der Waals surface area contributed by atoms with Gasteiger partial charge in [-0.25, -0.2) is 4.99 Å². The molecule has 0 aromatic heterocycles. The van der Waals surface area contributed by atoms with Gasteiger partial charge in [0.25, 0.3) is 0 Å². The van der Waals surface area contributed by atoms with Crippen molar-refractivity contribution in [1.29, 1.82) is 0 Å². The molecule has 32 heavy (non-hydrogen) atoms. The van der Waals surface area contributed by atoms with Gasteiger partial charge in [-0.05, 0) is 30.2 Å². The van der Waals surface area contributed by atoms with Crippen molar-refractivity contribution in [1.82, 2.24) is 5.32 Å². The molecule has 7 nitrogen and oxygen atoms in total. The maximum atomic E-state index is 6.28. The Morgan fingerprint density at radius 3 is 2.69 bits per heavy atom. The number of fused-ring (bicyclic) bond motifs is 1. The van der Waals surface area contributed by atoms with Crippen molar-refractivity contribution >= 4 is 47.2 Å². The Kier molecular flexibility index (Phi) is 12.5. The molecule has 176 valence electrons. The molecule has 0 spiro atoms. The van der Waals surface area contributed by atoms with Crippen LogP contribution in [0.4, 0.5) is 5.69 Å². The monoisotopic (exact) mass is 575 g/mol. The van der Waals surface area contributed by atoms with E-state index in [1.165, 1.54) is 0 Å². The van der Waals surface area contributed by atoms with E-state index in [4.69, 9.17) is 35.5 Å². The summed E-state index contributed by atoms with van der Waals surface area (Å²) < 4.78 is 22.0. The number of nitrogens with zero attached hydrogens (tertiary/aromatic N) is 1. The SMILES string of the molecule is COCCOCCCNC(=NCc1ccccc1Cl)Nc1ccc2c(c1)OCCCO2.I. The summed E-state index contributed by atoms with van der Waals surface area (Å²) in [6.45, 7) is 4.33. The number of ether oxygens (including phenoxy) is 4. The van der Waals surface area contributed by atoms with Crippen LogP contribution >= 0.6 is 35.6 Å². The van der Waals surface area contributed by atoms with Crippen LogP contribution in [0.1, 0.15) is 18.4 Å². The number of hydrogen-bond acceptors (Lipinski definition) is 5. The van der Waals surface area contributed by atoms with Crippen molar-refractivity contribution in [2.45, 2.75) is 19.4 Å². The third-order valence-corrected chi connectivity index (χ3v) is 4.93. The Morgan fingerprint density at radius 2 is 1.88 bits per heavy atom. The van der Waals surface area contributed by atoms with Crippen LogP contribution in [0, 0.1) is 0 Å². The summed E-state index contributed by atoms with van der Waals surface area (Å²) in [6, 6.07) is 13.5. The van der Waals surface area contributed by atoms with Crippen molar-refractivity contribution in [2.75, 3.05) is 52.0 Å². The number of aliphatic imine (C=N–C) groups is 1. The van der Waals surface area contributed by atoms with Crippen molar-refractivity contribution in [3.8, 4) is 11.5 Å². The van der Waals surface area contributed by atoms with Crippen LogP contribution in [-0.4, -0.2) is 52.6 Å². The van der Waals surface area contributed by atoms with Crippen molar-refractivity contribution < 1.29 is 18.9 Å². The van der Waals surface area contributed by atoms with E-state index in [0.29, 0.717) is 57.1 Å². The average Bonchev–Trinajstić information content (AvgIpc) is 3.02. The van der Waals surface area contributed by atoms with Crippen LogP contribution in [0.15, 0.2) is 47.5 Å². The van der Waals surface area contributed by atoms with Gasteiger partial charge in [0.15, 0.2) is 17.5 Å². The highest BCUT2D eigenvalue weighted by Gasteiger charge is 2.11. The minimum Gasteiger partial charge on any atom is -0.490 e. The number of benzene rings is 2. The van der Waals surface area contributed by atoms with Crippen LogP contribution < -0.4 is 20.1 Å². The molecule has 1 heterocycles. The Balaban J connectivity index is 0.00000363. The second-order valence-corrected chi connectivity index (χ2v) is 7.39. The molecular weight excluding hydrogens is 545 g/mol. The molecule has 0 atom stereocenters. The first kappa shape index (κ1) is 26.5.